The van der Waals surface area contributed by atoms with Crippen LogP contribution in [0.4, 0.5) is 0 Å². The number of rotatable bonds is 3. The fourth-order valence-electron chi connectivity index (χ4n) is 2.44. The molecule has 2 nitrogen and oxygen atoms in total. The smallest absolute Gasteiger partial charge is 0.111 e. The Bertz CT molecular complexity index is 831. The first kappa shape index (κ1) is 16.7. The molecule has 0 saturated carbocycles. The van der Waals surface area contributed by atoms with Crippen LogP contribution in [0.5, 0.6) is 0 Å². The van der Waals surface area contributed by atoms with Gasteiger partial charge in [-0.2, -0.15) is 0 Å². The van der Waals surface area contributed by atoms with Crippen LogP contribution in [0.25, 0.3) is 11.3 Å². The van der Waals surface area contributed by atoms with Crippen LogP contribution in [0.1, 0.15) is 17.1 Å². The van der Waals surface area contributed by atoms with Crippen molar-refractivity contribution >= 4 is 46.4 Å². The summed E-state index contributed by atoms with van der Waals surface area (Å²) in [5, 5.41) is 2.36. The number of hydrogen-bond donors (Lipinski definition) is 1. The lowest BCUT2D eigenvalue weighted by molar-refractivity contribution is 1.02. The van der Waals surface area contributed by atoms with Crippen molar-refractivity contribution in [2.45, 2.75) is 13.3 Å². The molecule has 0 radical (unpaired) electrons. The van der Waals surface area contributed by atoms with Crippen molar-refractivity contribution < 1.29 is 0 Å². The number of halogens is 4. The molecule has 0 spiro atoms. The topological polar surface area (TPSA) is 28.7 Å². The van der Waals surface area contributed by atoms with Crippen LogP contribution in [0.2, 0.25) is 20.1 Å². The summed E-state index contributed by atoms with van der Waals surface area (Å²) < 4.78 is 0. The minimum Gasteiger partial charge on any atom is -0.345 e. The van der Waals surface area contributed by atoms with E-state index >= 15 is 0 Å². The van der Waals surface area contributed by atoms with Gasteiger partial charge in [0, 0.05) is 27.7 Å². The van der Waals surface area contributed by atoms with Crippen LogP contribution >= 0.6 is 46.4 Å². The zero-order valence-corrected chi connectivity index (χ0v) is 15.2. The molecule has 1 heterocycles. The van der Waals surface area contributed by atoms with Gasteiger partial charge in [-0.25, -0.2) is 4.98 Å². The van der Waals surface area contributed by atoms with E-state index in [4.69, 9.17) is 46.4 Å². The molecule has 2 aromatic carbocycles. The van der Waals surface area contributed by atoms with Gasteiger partial charge in [0.05, 0.1) is 15.7 Å². The number of benzene rings is 2. The van der Waals surface area contributed by atoms with Crippen molar-refractivity contribution in [1.82, 2.24) is 9.97 Å². The minimum absolute atomic E-state index is 0.501. The fourth-order valence-corrected chi connectivity index (χ4v) is 3.55. The highest BCUT2D eigenvalue weighted by Gasteiger charge is 2.16. The Kier molecular flexibility index (Phi) is 4.88. The van der Waals surface area contributed by atoms with E-state index in [1.807, 2.05) is 25.1 Å². The molecule has 0 saturated heterocycles. The Morgan fingerprint density at radius 1 is 0.870 bits per heavy atom. The maximum absolute atomic E-state index is 6.28. The van der Waals surface area contributed by atoms with Gasteiger partial charge in [0.15, 0.2) is 0 Å². The number of imidazole rings is 1. The van der Waals surface area contributed by atoms with Gasteiger partial charge in [-0.05, 0) is 36.8 Å². The fraction of sp³-hybridized carbons (Fsp3) is 0.118. The second-order valence-electron chi connectivity index (χ2n) is 5.13. The number of H-pyrrole nitrogens is 1. The van der Waals surface area contributed by atoms with Gasteiger partial charge in [0.2, 0.25) is 0 Å². The van der Waals surface area contributed by atoms with Gasteiger partial charge in [0.1, 0.15) is 5.82 Å². The summed E-state index contributed by atoms with van der Waals surface area (Å²) in [5.41, 5.74) is 3.18. The molecule has 0 fully saturated rings. The van der Waals surface area contributed by atoms with Crippen molar-refractivity contribution in [3.05, 3.63) is 73.6 Å². The largest absolute Gasteiger partial charge is 0.345 e. The Hall–Kier alpha value is -1.19. The molecule has 118 valence electrons. The second kappa shape index (κ2) is 6.74. The van der Waals surface area contributed by atoms with Crippen molar-refractivity contribution in [2.24, 2.45) is 0 Å². The van der Waals surface area contributed by atoms with E-state index < -0.39 is 0 Å². The third kappa shape index (κ3) is 3.36. The zero-order valence-electron chi connectivity index (χ0n) is 12.1. The van der Waals surface area contributed by atoms with Crippen LogP contribution in [0.3, 0.4) is 0 Å². The number of aryl methyl sites for hydroxylation is 1. The van der Waals surface area contributed by atoms with E-state index in [-0.39, 0.29) is 0 Å². The molecule has 0 bridgehead atoms. The molecular formula is C17H12Cl4N2. The summed E-state index contributed by atoms with van der Waals surface area (Å²) in [5.74, 6) is 0.753. The van der Waals surface area contributed by atoms with Gasteiger partial charge in [-0.1, -0.05) is 58.5 Å². The maximum Gasteiger partial charge on any atom is 0.111 e. The number of nitrogens with one attached hydrogen (secondary N) is 1. The molecule has 3 rings (SSSR count). The standard InChI is InChI=1S/C17H12Cl4N2/c1-9-17(16-13(20)6-3-7-14(16)21)23-15(22-9)8-10-11(18)4-2-5-12(10)19/h2-7H,8H2,1H3,(H,22,23). The number of hydrogen-bond acceptors (Lipinski definition) is 1. The maximum atomic E-state index is 6.28. The molecular weight excluding hydrogens is 374 g/mol. The first-order valence-electron chi connectivity index (χ1n) is 6.90. The van der Waals surface area contributed by atoms with Gasteiger partial charge in [-0.15, -0.1) is 0 Å². The molecule has 3 aromatic rings. The summed E-state index contributed by atoms with van der Waals surface area (Å²) in [6.07, 6.45) is 0.501. The van der Waals surface area contributed by atoms with Gasteiger partial charge in [-0.3, -0.25) is 0 Å². The molecule has 6 heteroatoms. The summed E-state index contributed by atoms with van der Waals surface area (Å²) in [6.45, 7) is 1.93. The highest BCUT2D eigenvalue weighted by atomic mass is 35.5. The predicted molar refractivity (Wildman–Crippen MR) is 98.0 cm³/mol. The Labute approximate surface area is 154 Å². The van der Waals surface area contributed by atoms with Gasteiger partial charge in [0.25, 0.3) is 0 Å². The summed E-state index contributed by atoms with van der Waals surface area (Å²) in [6, 6.07) is 10.8. The molecule has 0 atom stereocenters. The molecule has 0 aliphatic heterocycles. The van der Waals surface area contributed by atoms with Crippen LogP contribution in [0, 0.1) is 6.92 Å². The Morgan fingerprint density at radius 2 is 1.39 bits per heavy atom. The Balaban J connectivity index is 2.02. The molecule has 0 aliphatic rings. The number of aromatic amines is 1. The van der Waals surface area contributed by atoms with Gasteiger partial charge >= 0.3 is 0 Å². The quantitative estimate of drug-likeness (QED) is 0.541. The molecule has 0 aliphatic carbocycles. The van der Waals surface area contributed by atoms with Crippen molar-refractivity contribution in [3.8, 4) is 11.3 Å². The SMILES string of the molecule is Cc1[nH]c(Cc2c(Cl)cccc2Cl)nc1-c1c(Cl)cccc1Cl. The number of aromatic nitrogens is 2. The average molecular weight is 386 g/mol. The monoisotopic (exact) mass is 384 g/mol. The van der Waals surface area contributed by atoms with Crippen molar-refractivity contribution in [3.63, 3.8) is 0 Å². The third-order valence-electron chi connectivity index (χ3n) is 3.54. The highest BCUT2D eigenvalue weighted by Crippen LogP contribution is 2.35. The summed E-state index contributed by atoms with van der Waals surface area (Å²) in [4.78, 5) is 7.89. The van der Waals surface area contributed by atoms with Crippen LogP contribution in [-0.4, -0.2) is 9.97 Å². The Morgan fingerprint density at radius 3 is 1.96 bits per heavy atom. The van der Waals surface area contributed by atoms with E-state index in [2.05, 4.69) is 9.97 Å². The van der Waals surface area contributed by atoms with Gasteiger partial charge < -0.3 is 4.98 Å². The minimum atomic E-state index is 0.501. The number of nitrogens with zero attached hydrogens (tertiary/aromatic N) is 1. The normalized spacial score (nSPS) is 11.0. The molecule has 1 N–H and O–H groups in total. The lowest BCUT2D eigenvalue weighted by Crippen LogP contribution is -1.93. The lowest BCUT2D eigenvalue weighted by atomic mass is 10.1. The van der Waals surface area contributed by atoms with Crippen LogP contribution in [-0.2, 0) is 6.42 Å². The molecule has 1 aromatic heterocycles. The summed E-state index contributed by atoms with van der Waals surface area (Å²) >= 11 is 25.0. The van der Waals surface area contributed by atoms with Crippen LogP contribution < -0.4 is 0 Å². The molecule has 23 heavy (non-hydrogen) atoms. The predicted octanol–water partition coefficient (Wildman–Crippen LogP) is 6.59. The summed E-state index contributed by atoms with van der Waals surface area (Å²) in [7, 11) is 0. The zero-order chi connectivity index (χ0) is 16.6. The van der Waals surface area contributed by atoms with E-state index in [1.54, 1.807) is 18.2 Å². The second-order valence-corrected chi connectivity index (χ2v) is 6.76. The van der Waals surface area contributed by atoms with E-state index in [9.17, 15) is 0 Å². The van der Waals surface area contributed by atoms with Crippen molar-refractivity contribution in [1.29, 1.82) is 0 Å². The lowest BCUT2D eigenvalue weighted by Gasteiger charge is -2.05. The highest BCUT2D eigenvalue weighted by molar-refractivity contribution is 6.39. The van der Waals surface area contributed by atoms with E-state index in [1.165, 1.54) is 0 Å². The molecule has 0 amide bonds. The van der Waals surface area contributed by atoms with E-state index in [0.29, 0.717) is 26.5 Å². The molecule has 0 unspecified atom stereocenters. The van der Waals surface area contributed by atoms with Crippen LogP contribution in [0.15, 0.2) is 36.4 Å². The third-order valence-corrected chi connectivity index (χ3v) is 4.88. The average Bonchev–Trinajstić information content (AvgIpc) is 2.84. The van der Waals surface area contributed by atoms with E-state index in [0.717, 1.165) is 28.3 Å². The van der Waals surface area contributed by atoms with Crippen molar-refractivity contribution in [2.75, 3.05) is 0 Å². The first-order chi connectivity index (χ1) is 11.0. The first-order valence-corrected chi connectivity index (χ1v) is 8.41.